The van der Waals surface area contributed by atoms with Crippen LogP contribution >= 0.6 is 0 Å². The molecule has 17 heavy (non-hydrogen) atoms. The first-order chi connectivity index (χ1) is 8.09. The van der Waals surface area contributed by atoms with Crippen LogP contribution in [0, 0.1) is 0 Å². The van der Waals surface area contributed by atoms with E-state index in [0.29, 0.717) is 11.4 Å². The number of carboxylic acids is 1. The van der Waals surface area contributed by atoms with E-state index in [2.05, 4.69) is 5.10 Å². The van der Waals surface area contributed by atoms with Crippen molar-refractivity contribution in [3.63, 3.8) is 0 Å². The lowest BCUT2D eigenvalue weighted by Crippen LogP contribution is -2.16. The number of anilines is 2. The highest BCUT2D eigenvalue weighted by Crippen LogP contribution is 2.32. The van der Waals surface area contributed by atoms with E-state index >= 15 is 0 Å². The van der Waals surface area contributed by atoms with Crippen molar-refractivity contribution in [3.8, 4) is 0 Å². The van der Waals surface area contributed by atoms with Crippen LogP contribution in [-0.4, -0.2) is 20.9 Å². The number of nitrogen functional groups attached to an aromatic ring is 2. The molecule has 0 spiro atoms. The Morgan fingerprint density at radius 1 is 1.35 bits per heavy atom. The first-order valence-electron chi connectivity index (χ1n) is 5.93. The summed E-state index contributed by atoms with van der Waals surface area (Å²) >= 11 is 0. The highest BCUT2D eigenvalue weighted by Gasteiger charge is 2.22. The largest absolute Gasteiger partial charge is 0.481 e. The first-order valence-corrected chi connectivity index (χ1v) is 5.93. The highest BCUT2D eigenvalue weighted by atomic mass is 16.4. The van der Waals surface area contributed by atoms with Gasteiger partial charge in [0.1, 0.15) is 5.82 Å². The zero-order valence-electron chi connectivity index (χ0n) is 9.72. The number of carbonyl (C=O) groups is 1. The molecule has 0 aromatic carbocycles. The summed E-state index contributed by atoms with van der Waals surface area (Å²) in [5.41, 5.74) is 12.1. The lowest BCUT2D eigenvalue weighted by molar-refractivity contribution is -0.136. The molecule has 0 unspecified atom stereocenters. The molecular weight excluding hydrogens is 220 g/mol. The molecule has 0 bridgehead atoms. The number of hydrogen-bond acceptors (Lipinski definition) is 4. The first kappa shape index (κ1) is 11.8. The summed E-state index contributed by atoms with van der Waals surface area (Å²) in [7, 11) is 0. The number of hydrogen-bond donors (Lipinski definition) is 3. The van der Waals surface area contributed by atoms with Crippen LogP contribution in [0.2, 0.25) is 0 Å². The van der Waals surface area contributed by atoms with Gasteiger partial charge in [0.25, 0.3) is 0 Å². The Bertz CT molecular complexity index is 421. The SMILES string of the molecule is Nc1nn(C2CCCCC2)c(N)c1CC(=O)O. The lowest BCUT2D eigenvalue weighted by atomic mass is 9.95. The Kier molecular flexibility index (Phi) is 3.21. The summed E-state index contributed by atoms with van der Waals surface area (Å²) in [4.78, 5) is 10.7. The smallest absolute Gasteiger partial charge is 0.308 e. The van der Waals surface area contributed by atoms with E-state index in [4.69, 9.17) is 16.6 Å². The number of rotatable bonds is 3. The van der Waals surface area contributed by atoms with E-state index in [1.54, 1.807) is 4.68 Å². The molecule has 0 atom stereocenters. The van der Waals surface area contributed by atoms with E-state index < -0.39 is 5.97 Å². The second kappa shape index (κ2) is 4.65. The van der Waals surface area contributed by atoms with Gasteiger partial charge in [0.15, 0.2) is 5.82 Å². The maximum Gasteiger partial charge on any atom is 0.308 e. The zero-order valence-corrected chi connectivity index (χ0v) is 9.72. The fourth-order valence-electron chi connectivity index (χ4n) is 2.44. The van der Waals surface area contributed by atoms with Crippen LogP contribution in [0.3, 0.4) is 0 Å². The van der Waals surface area contributed by atoms with Gasteiger partial charge in [-0.2, -0.15) is 5.10 Å². The lowest BCUT2D eigenvalue weighted by Gasteiger charge is -2.22. The van der Waals surface area contributed by atoms with Crippen LogP contribution in [0.5, 0.6) is 0 Å². The fourth-order valence-corrected chi connectivity index (χ4v) is 2.44. The molecule has 5 N–H and O–H groups in total. The summed E-state index contributed by atoms with van der Waals surface area (Å²) in [6, 6.07) is 0.272. The third-order valence-electron chi connectivity index (χ3n) is 3.33. The predicted molar refractivity (Wildman–Crippen MR) is 64.5 cm³/mol. The van der Waals surface area contributed by atoms with Crippen LogP contribution in [0.25, 0.3) is 0 Å². The average Bonchev–Trinajstić information content (AvgIpc) is 2.58. The minimum atomic E-state index is -0.938. The van der Waals surface area contributed by atoms with Gasteiger partial charge >= 0.3 is 5.97 Å². The van der Waals surface area contributed by atoms with E-state index in [-0.39, 0.29) is 18.3 Å². The summed E-state index contributed by atoms with van der Waals surface area (Å²) in [5, 5.41) is 13.0. The molecule has 1 aromatic heterocycles. The van der Waals surface area contributed by atoms with Gasteiger partial charge in [0, 0.05) is 5.56 Å². The van der Waals surface area contributed by atoms with Crippen molar-refractivity contribution in [1.82, 2.24) is 9.78 Å². The fraction of sp³-hybridized carbons (Fsp3) is 0.636. The molecule has 2 rings (SSSR count). The van der Waals surface area contributed by atoms with Crippen LogP contribution in [0.15, 0.2) is 0 Å². The topological polar surface area (TPSA) is 107 Å². The van der Waals surface area contributed by atoms with Gasteiger partial charge in [-0.25, -0.2) is 4.68 Å². The predicted octanol–water partition coefficient (Wildman–Crippen LogP) is 1.18. The third kappa shape index (κ3) is 2.35. The molecule has 6 heteroatoms. The Balaban J connectivity index is 2.26. The minimum absolute atomic E-state index is 0.162. The summed E-state index contributed by atoms with van der Waals surface area (Å²) in [6.07, 6.45) is 5.49. The molecule has 94 valence electrons. The monoisotopic (exact) mass is 238 g/mol. The quantitative estimate of drug-likeness (QED) is 0.733. The molecule has 1 aliphatic carbocycles. The van der Waals surface area contributed by atoms with Crippen molar-refractivity contribution in [3.05, 3.63) is 5.56 Å². The minimum Gasteiger partial charge on any atom is -0.481 e. The van der Waals surface area contributed by atoms with Crippen molar-refractivity contribution in [2.45, 2.75) is 44.6 Å². The van der Waals surface area contributed by atoms with Gasteiger partial charge in [0.05, 0.1) is 12.5 Å². The van der Waals surface area contributed by atoms with Crippen molar-refractivity contribution < 1.29 is 9.90 Å². The summed E-state index contributed by atoms with van der Waals surface area (Å²) in [6.45, 7) is 0. The second-order valence-corrected chi connectivity index (χ2v) is 4.56. The number of aromatic nitrogens is 2. The number of carboxylic acid groups (broad SMARTS) is 1. The molecule has 0 saturated heterocycles. The Labute approximate surface area is 99.6 Å². The number of aliphatic carboxylic acids is 1. The highest BCUT2D eigenvalue weighted by molar-refractivity contribution is 5.75. The third-order valence-corrected chi connectivity index (χ3v) is 3.33. The Hall–Kier alpha value is -1.72. The molecule has 1 fully saturated rings. The van der Waals surface area contributed by atoms with Crippen LogP contribution in [-0.2, 0) is 11.2 Å². The van der Waals surface area contributed by atoms with Crippen molar-refractivity contribution in [2.24, 2.45) is 0 Å². The van der Waals surface area contributed by atoms with Crippen LogP contribution in [0.1, 0.15) is 43.7 Å². The molecule has 6 nitrogen and oxygen atoms in total. The normalized spacial score (nSPS) is 17.2. The van der Waals surface area contributed by atoms with E-state index in [9.17, 15) is 4.79 Å². The Morgan fingerprint density at radius 3 is 2.59 bits per heavy atom. The van der Waals surface area contributed by atoms with Gasteiger partial charge in [-0.05, 0) is 12.8 Å². The van der Waals surface area contributed by atoms with Crippen molar-refractivity contribution in [1.29, 1.82) is 0 Å². The molecule has 0 radical (unpaired) electrons. The molecule has 1 aromatic rings. The number of nitrogens with two attached hydrogens (primary N) is 2. The van der Waals surface area contributed by atoms with E-state index in [0.717, 1.165) is 25.7 Å². The van der Waals surface area contributed by atoms with Gasteiger partial charge in [0.2, 0.25) is 0 Å². The summed E-state index contributed by atoms with van der Waals surface area (Å²) < 4.78 is 1.72. The maximum atomic E-state index is 10.7. The molecule has 0 aliphatic heterocycles. The van der Waals surface area contributed by atoms with Gasteiger partial charge < -0.3 is 16.6 Å². The van der Waals surface area contributed by atoms with Crippen molar-refractivity contribution in [2.75, 3.05) is 11.5 Å². The van der Waals surface area contributed by atoms with E-state index in [1.807, 2.05) is 0 Å². The zero-order chi connectivity index (χ0) is 12.4. The molecular formula is C11H18N4O2. The molecule has 1 aliphatic rings. The van der Waals surface area contributed by atoms with Gasteiger partial charge in [-0.15, -0.1) is 0 Å². The molecule has 1 heterocycles. The Morgan fingerprint density at radius 2 is 2.00 bits per heavy atom. The van der Waals surface area contributed by atoms with Crippen LogP contribution < -0.4 is 11.5 Å². The van der Waals surface area contributed by atoms with Crippen LogP contribution in [0.4, 0.5) is 11.6 Å². The number of nitrogens with zero attached hydrogens (tertiary/aromatic N) is 2. The van der Waals surface area contributed by atoms with Crippen molar-refractivity contribution >= 4 is 17.6 Å². The maximum absolute atomic E-state index is 10.7. The standard InChI is InChI=1S/C11H18N4O2/c12-10-8(6-9(16)17)11(13)15(14-10)7-4-2-1-3-5-7/h7H,1-6,13H2,(H2,12,14)(H,16,17). The molecule has 0 amide bonds. The summed E-state index contributed by atoms with van der Waals surface area (Å²) in [5.74, 6) is -0.279. The van der Waals surface area contributed by atoms with Gasteiger partial charge in [-0.3, -0.25) is 4.79 Å². The molecule has 1 saturated carbocycles. The van der Waals surface area contributed by atoms with E-state index in [1.165, 1.54) is 6.42 Å². The second-order valence-electron chi connectivity index (χ2n) is 4.56. The van der Waals surface area contributed by atoms with Gasteiger partial charge in [-0.1, -0.05) is 19.3 Å². The average molecular weight is 238 g/mol.